The molecule has 0 aliphatic carbocycles. The molecule has 0 aromatic heterocycles. The molecular formula is C38H70O2. The minimum absolute atomic E-state index is 0.538. The summed E-state index contributed by atoms with van der Waals surface area (Å²) >= 11 is 0. The first-order chi connectivity index (χ1) is 19.7. The van der Waals surface area contributed by atoms with Gasteiger partial charge in [-0.25, -0.2) is 0 Å². The van der Waals surface area contributed by atoms with Gasteiger partial charge >= 0.3 is 0 Å². The van der Waals surface area contributed by atoms with Gasteiger partial charge in [-0.1, -0.05) is 152 Å². The molecule has 40 heavy (non-hydrogen) atoms. The topological polar surface area (TPSA) is 40.5 Å². The molecule has 0 radical (unpaired) electrons. The van der Waals surface area contributed by atoms with Crippen molar-refractivity contribution in [2.45, 2.75) is 193 Å². The van der Waals surface area contributed by atoms with Gasteiger partial charge in [-0.2, -0.15) is 0 Å². The summed E-state index contributed by atoms with van der Waals surface area (Å²) in [7, 11) is 0. The Morgan fingerprint density at radius 3 is 0.950 bits per heavy atom. The third kappa shape index (κ3) is 31.4. The van der Waals surface area contributed by atoms with Crippen molar-refractivity contribution in [1.82, 2.24) is 0 Å². The molecule has 0 aromatic rings. The summed E-state index contributed by atoms with van der Waals surface area (Å²) < 4.78 is 0. The Morgan fingerprint density at radius 1 is 0.350 bits per heavy atom. The van der Waals surface area contributed by atoms with E-state index in [2.05, 4.69) is 62.5 Å². The summed E-state index contributed by atoms with van der Waals surface area (Å²) in [5.74, 6) is 0. The minimum Gasteiger partial charge on any atom is -0.390 e. The highest BCUT2D eigenvalue weighted by molar-refractivity contribution is 4.93. The first-order valence-corrected chi connectivity index (χ1v) is 17.7. The van der Waals surface area contributed by atoms with Crippen LogP contribution >= 0.6 is 0 Å². The molecule has 0 amide bonds. The van der Waals surface area contributed by atoms with Crippen LogP contribution in [0.3, 0.4) is 0 Å². The van der Waals surface area contributed by atoms with E-state index >= 15 is 0 Å². The highest BCUT2D eigenvalue weighted by Gasteiger charge is 2.15. The van der Waals surface area contributed by atoms with Crippen LogP contribution in [0.2, 0.25) is 0 Å². The van der Waals surface area contributed by atoms with Gasteiger partial charge in [0.1, 0.15) is 0 Å². The van der Waals surface area contributed by atoms with E-state index in [9.17, 15) is 10.2 Å². The molecule has 0 rings (SSSR count). The lowest BCUT2D eigenvalue weighted by Gasteiger charge is -2.17. The number of aliphatic hydroxyl groups is 2. The zero-order valence-electron chi connectivity index (χ0n) is 27.1. The Kier molecular flexibility index (Phi) is 33.1. The van der Waals surface area contributed by atoms with Crippen LogP contribution in [0.5, 0.6) is 0 Å². The SMILES string of the molecule is CCCCC/C=C\C/C=C\CCCCCCCCC(O)C(O)CCCCCCCC/C=C\C/C=C\CCCCC. The summed E-state index contributed by atoms with van der Waals surface area (Å²) in [5, 5.41) is 20.6. The molecule has 0 spiro atoms. The van der Waals surface area contributed by atoms with Crippen LogP contribution in [0.4, 0.5) is 0 Å². The van der Waals surface area contributed by atoms with Gasteiger partial charge in [0.25, 0.3) is 0 Å². The first-order valence-electron chi connectivity index (χ1n) is 17.7. The average molecular weight is 559 g/mol. The Morgan fingerprint density at radius 2 is 0.625 bits per heavy atom. The van der Waals surface area contributed by atoms with Crippen LogP contribution in [0.25, 0.3) is 0 Å². The van der Waals surface area contributed by atoms with Gasteiger partial charge in [-0.15, -0.1) is 0 Å². The van der Waals surface area contributed by atoms with Gasteiger partial charge in [0.15, 0.2) is 0 Å². The zero-order valence-corrected chi connectivity index (χ0v) is 27.1. The summed E-state index contributed by atoms with van der Waals surface area (Å²) in [6.45, 7) is 4.51. The summed E-state index contributed by atoms with van der Waals surface area (Å²) in [5.41, 5.74) is 0. The lowest BCUT2D eigenvalue weighted by Crippen LogP contribution is -2.25. The van der Waals surface area contributed by atoms with E-state index in [-0.39, 0.29) is 0 Å². The van der Waals surface area contributed by atoms with Crippen molar-refractivity contribution in [1.29, 1.82) is 0 Å². The smallest absolute Gasteiger partial charge is 0.0799 e. The maximum atomic E-state index is 10.3. The standard InChI is InChI=1S/C38H70O2/c1-3-5-7-9-11-13-15-17-19-21-23-25-27-29-31-33-35-37(39)38(40)36-34-32-30-28-26-24-22-20-18-16-14-12-10-8-6-4-2/h11-14,17-20,37-40H,3-10,15-16,21-36H2,1-2H3/b13-11-,14-12-,19-17-,20-18-. The van der Waals surface area contributed by atoms with Gasteiger partial charge < -0.3 is 10.2 Å². The number of hydrogen-bond donors (Lipinski definition) is 2. The molecule has 0 heterocycles. The van der Waals surface area contributed by atoms with Gasteiger partial charge in [-0.3, -0.25) is 0 Å². The van der Waals surface area contributed by atoms with Crippen LogP contribution in [-0.2, 0) is 0 Å². The van der Waals surface area contributed by atoms with E-state index in [1.165, 1.54) is 128 Å². The van der Waals surface area contributed by atoms with Crippen molar-refractivity contribution in [2.75, 3.05) is 0 Å². The monoisotopic (exact) mass is 559 g/mol. The van der Waals surface area contributed by atoms with Crippen molar-refractivity contribution in [3.8, 4) is 0 Å². The van der Waals surface area contributed by atoms with E-state index < -0.39 is 12.2 Å². The minimum atomic E-state index is -0.538. The van der Waals surface area contributed by atoms with E-state index in [0.29, 0.717) is 0 Å². The van der Waals surface area contributed by atoms with Crippen molar-refractivity contribution in [3.63, 3.8) is 0 Å². The number of aliphatic hydroxyl groups excluding tert-OH is 2. The van der Waals surface area contributed by atoms with Gasteiger partial charge in [0.2, 0.25) is 0 Å². The average Bonchev–Trinajstić information content (AvgIpc) is 2.96. The summed E-state index contributed by atoms with van der Waals surface area (Å²) in [4.78, 5) is 0. The maximum Gasteiger partial charge on any atom is 0.0799 e. The molecule has 0 saturated carbocycles. The van der Waals surface area contributed by atoms with Crippen LogP contribution in [0.15, 0.2) is 48.6 Å². The molecule has 234 valence electrons. The molecule has 0 aliphatic rings. The maximum absolute atomic E-state index is 10.3. The van der Waals surface area contributed by atoms with E-state index in [4.69, 9.17) is 0 Å². The van der Waals surface area contributed by atoms with Crippen LogP contribution < -0.4 is 0 Å². The van der Waals surface area contributed by atoms with E-state index in [1.54, 1.807) is 0 Å². The van der Waals surface area contributed by atoms with Crippen molar-refractivity contribution in [3.05, 3.63) is 48.6 Å². The van der Waals surface area contributed by atoms with Gasteiger partial charge in [-0.05, 0) is 77.0 Å². The van der Waals surface area contributed by atoms with Crippen LogP contribution in [0, 0.1) is 0 Å². The normalized spacial score (nSPS) is 14.0. The molecule has 2 N–H and O–H groups in total. The fourth-order valence-electron chi connectivity index (χ4n) is 5.07. The Labute approximate surface area is 251 Å². The van der Waals surface area contributed by atoms with Crippen molar-refractivity contribution >= 4 is 0 Å². The molecule has 0 bridgehead atoms. The lowest BCUT2D eigenvalue weighted by atomic mass is 9.99. The Bertz CT molecular complexity index is 536. The third-order valence-corrected chi connectivity index (χ3v) is 7.85. The van der Waals surface area contributed by atoms with E-state index in [0.717, 1.165) is 38.5 Å². The number of unbranched alkanes of at least 4 members (excludes halogenated alkanes) is 18. The predicted molar refractivity (Wildman–Crippen MR) is 180 cm³/mol. The highest BCUT2D eigenvalue weighted by Crippen LogP contribution is 2.16. The van der Waals surface area contributed by atoms with Crippen LogP contribution in [-0.4, -0.2) is 22.4 Å². The second kappa shape index (κ2) is 34.1. The second-order valence-corrected chi connectivity index (χ2v) is 11.9. The molecule has 2 unspecified atom stereocenters. The van der Waals surface area contributed by atoms with Crippen LogP contribution in [0.1, 0.15) is 181 Å². The first kappa shape index (κ1) is 38.9. The van der Waals surface area contributed by atoms with E-state index in [1.807, 2.05) is 0 Å². The quantitative estimate of drug-likeness (QED) is 0.0656. The predicted octanol–water partition coefficient (Wildman–Crippen LogP) is 12.1. The van der Waals surface area contributed by atoms with Gasteiger partial charge in [0.05, 0.1) is 12.2 Å². The fourth-order valence-corrected chi connectivity index (χ4v) is 5.07. The fraction of sp³-hybridized carbons (Fsp3) is 0.789. The molecule has 0 fully saturated rings. The zero-order chi connectivity index (χ0) is 29.2. The van der Waals surface area contributed by atoms with Gasteiger partial charge in [0, 0.05) is 0 Å². The Hall–Kier alpha value is -1.12. The van der Waals surface area contributed by atoms with Crippen molar-refractivity contribution < 1.29 is 10.2 Å². The molecular weight excluding hydrogens is 488 g/mol. The van der Waals surface area contributed by atoms with Crippen molar-refractivity contribution in [2.24, 2.45) is 0 Å². The second-order valence-electron chi connectivity index (χ2n) is 11.9. The molecule has 0 aromatic carbocycles. The number of allylic oxidation sites excluding steroid dienone is 8. The summed E-state index contributed by atoms with van der Waals surface area (Å²) in [6.07, 6.45) is 48.6. The highest BCUT2D eigenvalue weighted by atomic mass is 16.3. The molecule has 2 nitrogen and oxygen atoms in total. The molecule has 0 aliphatic heterocycles. The molecule has 2 atom stereocenters. The third-order valence-electron chi connectivity index (χ3n) is 7.85. The largest absolute Gasteiger partial charge is 0.390 e. The number of rotatable bonds is 31. The molecule has 0 saturated heterocycles. The lowest BCUT2D eigenvalue weighted by molar-refractivity contribution is 0.00712. The Balaban J connectivity index is 3.41. The number of hydrogen-bond acceptors (Lipinski definition) is 2. The molecule has 2 heteroatoms. The summed E-state index contributed by atoms with van der Waals surface area (Å²) in [6, 6.07) is 0.